The average Bonchev–Trinajstić information content (AvgIpc) is 2.79. The number of aliphatic hydroxyl groups excluding tert-OH is 1. The minimum absolute atomic E-state index is 0.00159. The van der Waals surface area contributed by atoms with Crippen LogP contribution in [-0.4, -0.2) is 11.7 Å². The van der Waals surface area contributed by atoms with Crippen LogP contribution in [0.2, 0.25) is 0 Å². The van der Waals surface area contributed by atoms with Crippen LogP contribution in [-0.2, 0) is 6.42 Å². The second-order valence-electron chi connectivity index (χ2n) is 4.86. The zero-order valence-corrected chi connectivity index (χ0v) is 11.1. The van der Waals surface area contributed by atoms with Gasteiger partial charge in [-0.05, 0) is 52.7 Å². The summed E-state index contributed by atoms with van der Waals surface area (Å²) in [6.07, 6.45) is 4.01. The molecule has 1 aromatic rings. The minimum atomic E-state index is -0.537. The minimum Gasteiger partial charge on any atom is -0.396 e. The molecule has 1 aliphatic carbocycles. The van der Waals surface area contributed by atoms with Crippen molar-refractivity contribution in [1.82, 2.24) is 0 Å². The van der Waals surface area contributed by atoms with Crippen LogP contribution in [0.4, 0.5) is 8.78 Å². The second-order valence-corrected chi connectivity index (χ2v) is 5.72. The maximum atomic E-state index is 13.9. The Balaban J connectivity index is 2.32. The third-order valence-electron chi connectivity index (χ3n) is 3.69. The first-order chi connectivity index (χ1) is 8.08. The molecule has 1 aromatic carbocycles. The lowest BCUT2D eigenvalue weighted by Gasteiger charge is -2.27. The van der Waals surface area contributed by atoms with Crippen molar-refractivity contribution in [3.8, 4) is 0 Å². The number of halogens is 3. The highest BCUT2D eigenvalue weighted by atomic mass is 79.9. The molecule has 0 atom stereocenters. The largest absolute Gasteiger partial charge is 0.396 e. The summed E-state index contributed by atoms with van der Waals surface area (Å²) in [6, 6.07) is 2.64. The fraction of sp³-hybridized carbons (Fsp3) is 0.538. The van der Waals surface area contributed by atoms with E-state index in [9.17, 15) is 13.9 Å². The van der Waals surface area contributed by atoms with E-state index in [-0.39, 0.29) is 28.5 Å². The number of aliphatic hydroxyl groups is 1. The molecule has 1 N–H and O–H groups in total. The van der Waals surface area contributed by atoms with Crippen LogP contribution in [0.1, 0.15) is 31.2 Å². The molecule has 0 amide bonds. The van der Waals surface area contributed by atoms with Gasteiger partial charge < -0.3 is 5.11 Å². The molecule has 0 radical (unpaired) electrons. The number of hydrogen-bond acceptors (Lipinski definition) is 1. The van der Waals surface area contributed by atoms with E-state index < -0.39 is 11.6 Å². The Labute approximate surface area is 108 Å². The topological polar surface area (TPSA) is 20.2 Å². The van der Waals surface area contributed by atoms with Crippen LogP contribution in [0.15, 0.2) is 16.6 Å². The fourth-order valence-electron chi connectivity index (χ4n) is 2.62. The van der Waals surface area contributed by atoms with Gasteiger partial charge in [-0.3, -0.25) is 0 Å². The van der Waals surface area contributed by atoms with E-state index >= 15 is 0 Å². The number of hydrogen-bond donors (Lipinski definition) is 1. The molecule has 0 spiro atoms. The normalized spacial score (nSPS) is 18.6. The van der Waals surface area contributed by atoms with E-state index in [0.717, 1.165) is 25.7 Å². The predicted octanol–water partition coefficient (Wildman–Crippen LogP) is 3.82. The SMILES string of the molecule is OCC1(Cc2c(F)ccc(Br)c2F)CCCC1. The number of benzene rings is 1. The Bertz CT molecular complexity index is 414. The maximum absolute atomic E-state index is 13.9. The molecule has 0 unspecified atom stereocenters. The molecule has 2 rings (SSSR count). The molecular weight excluding hydrogens is 290 g/mol. The fourth-order valence-corrected chi connectivity index (χ4v) is 2.99. The van der Waals surface area contributed by atoms with Crippen LogP contribution in [0.3, 0.4) is 0 Å². The highest BCUT2D eigenvalue weighted by Gasteiger charge is 2.35. The Kier molecular flexibility index (Phi) is 3.83. The van der Waals surface area contributed by atoms with Crippen molar-refractivity contribution in [2.75, 3.05) is 6.61 Å². The molecule has 0 heterocycles. The second kappa shape index (κ2) is 5.02. The summed E-state index contributed by atoms with van der Waals surface area (Å²) in [6.45, 7) is -0.00159. The molecule has 94 valence electrons. The van der Waals surface area contributed by atoms with E-state index in [1.54, 1.807) is 0 Å². The van der Waals surface area contributed by atoms with Gasteiger partial charge in [0.15, 0.2) is 0 Å². The zero-order valence-electron chi connectivity index (χ0n) is 9.48. The molecule has 1 aliphatic rings. The van der Waals surface area contributed by atoms with Crippen molar-refractivity contribution in [1.29, 1.82) is 0 Å². The molecular formula is C13H15BrF2O. The van der Waals surface area contributed by atoms with Gasteiger partial charge in [0.1, 0.15) is 11.6 Å². The van der Waals surface area contributed by atoms with Crippen LogP contribution in [0, 0.1) is 17.0 Å². The van der Waals surface area contributed by atoms with Gasteiger partial charge in [-0.2, -0.15) is 0 Å². The summed E-state index contributed by atoms with van der Waals surface area (Å²) in [7, 11) is 0. The molecule has 1 nitrogen and oxygen atoms in total. The van der Waals surface area contributed by atoms with E-state index in [4.69, 9.17) is 0 Å². The van der Waals surface area contributed by atoms with Gasteiger partial charge in [0.25, 0.3) is 0 Å². The van der Waals surface area contributed by atoms with E-state index in [0.29, 0.717) is 0 Å². The van der Waals surface area contributed by atoms with Crippen molar-refractivity contribution < 1.29 is 13.9 Å². The van der Waals surface area contributed by atoms with Gasteiger partial charge in [-0.1, -0.05) is 12.8 Å². The van der Waals surface area contributed by atoms with Gasteiger partial charge in [-0.15, -0.1) is 0 Å². The van der Waals surface area contributed by atoms with Gasteiger partial charge in [0, 0.05) is 12.2 Å². The highest BCUT2D eigenvalue weighted by Crippen LogP contribution is 2.41. The monoisotopic (exact) mass is 304 g/mol. The average molecular weight is 305 g/mol. The van der Waals surface area contributed by atoms with Crippen LogP contribution in [0.5, 0.6) is 0 Å². The third-order valence-corrected chi connectivity index (χ3v) is 4.30. The van der Waals surface area contributed by atoms with Gasteiger partial charge >= 0.3 is 0 Å². The first-order valence-corrected chi connectivity index (χ1v) is 6.60. The van der Waals surface area contributed by atoms with Crippen molar-refractivity contribution in [3.05, 3.63) is 33.8 Å². The lowest BCUT2D eigenvalue weighted by Crippen LogP contribution is -2.25. The molecule has 0 aliphatic heterocycles. The first-order valence-electron chi connectivity index (χ1n) is 5.81. The first kappa shape index (κ1) is 13.0. The molecule has 0 aromatic heterocycles. The van der Waals surface area contributed by atoms with Gasteiger partial charge in [-0.25, -0.2) is 8.78 Å². The molecule has 0 saturated heterocycles. The van der Waals surface area contributed by atoms with Crippen molar-refractivity contribution >= 4 is 15.9 Å². The van der Waals surface area contributed by atoms with Crippen LogP contribution < -0.4 is 0 Å². The van der Waals surface area contributed by atoms with E-state index in [2.05, 4.69) is 15.9 Å². The Morgan fingerprint density at radius 1 is 1.24 bits per heavy atom. The van der Waals surface area contributed by atoms with Crippen molar-refractivity contribution in [2.45, 2.75) is 32.1 Å². The maximum Gasteiger partial charge on any atom is 0.143 e. The lowest BCUT2D eigenvalue weighted by molar-refractivity contribution is 0.128. The third kappa shape index (κ3) is 2.52. The summed E-state index contributed by atoms with van der Waals surface area (Å²) in [5.74, 6) is -1.06. The summed E-state index contributed by atoms with van der Waals surface area (Å²) in [5, 5.41) is 9.47. The van der Waals surface area contributed by atoms with Gasteiger partial charge in [0.05, 0.1) is 4.47 Å². The standard InChI is InChI=1S/C13H15BrF2O/c14-10-3-4-11(15)9(12(10)16)7-13(8-17)5-1-2-6-13/h3-4,17H,1-2,5-8H2. The molecule has 17 heavy (non-hydrogen) atoms. The zero-order chi connectivity index (χ0) is 12.5. The smallest absolute Gasteiger partial charge is 0.143 e. The van der Waals surface area contributed by atoms with Crippen LogP contribution >= 0.6 is 15.9 Å². The summed E-state index contributed by atoms with van der Waals surface area (Å²) in [5.41, 5.74) is -0.238. The highest BCUT2D eigenvalue weighted by molar-refractivity contribution is 9.10. The molecule has 1 saturated carbocycles. The number of rotatable bonds is 3. The molecule has 4 heteroatoms. The Morgan fingerprint density at radius 3 is 2.47 bits per heavy atom. The van der Waals surface area contributed by atoms with E-state index in [1.165, 1.54) is 12.1 Å². The quantitative estimate of drug-likeness (QED) is 0.842. The Morgan fingerprint density at radius 2 is 1.88 bits per heavy atom. The Hall–Kier alpha value is -0.480. The van der Waals surface area contributed by atoms with Gasteiger partial charge in [0.2, 0.25) is 0 Å². The van der Waals surface area contributed by atoms with Crippen molar-refractivity contribution in [2.24, 2.45) is 5.41 Å². The summed E-state index contributed by atoms with van der Waals surface area (Å²) >= 11 is 3.06. The van der Waals surface area contributed by atoms with Crippen LogP contribution in [0.25, 0.3) is 0 Å². The summed E-state index contributed by atoms with van der Waals surface area (Å²) in [4.78, 5) is 0. The summed E-state index contributed by atoms with van der Waals surface area (Å²) < 4.78 is 27.8. The van der Waals surface area contributed by atoms with E-state index in [1.807, 2.05) is 0 Å². The molecule has 1 fully saturated rings. The lowest BCUT2D eigenvalue weighted by atomic mass is 9.80. The predicted molar refractivity (Wildman–Crippen MR) is 65.7 cm³/mol. The molecule has 0 bridgehead atoms. The van der Waals surface area contributed by atoms with Crippen molar-refractivity contribution in [3.63, 3.8) is 0 Å².